The molecule has 12 nitrogen and oxygen atoms in total. The van der Waals surface area contributed by atoms with Crippen LogP contribution >= 0.6 is 11.6 Å². The molecule has 0 saturated carbocycles. The first-order chi connectivity index (χ1) is 20.8. The number of aliphatic hydroxyl groups is 1. The molecule has 0 spiro atoms. The van der Waals surface area contributed by atoms with Crippen molar-refractivity contribution in [3.8, 4) is 5.75 Å². The number of carbonyl (C=O) groups is 3. The largest absolute Gasteiger partial charge is 0.495 e. The molecule has 4 N–H and O–H groups in total. The minimum absolute atomic E-state index is 0.00911. The van der Waals surface area contributed by atoms with Crippen molar-refractivity contribution in [1.29, 1.82) is 0 Å². The fourth-order valence-electron chi connectivity index (χ4n) is 5.94. The average Bonchev–Trinajstić information content (AvgIpc) is 3.66. The van der Waals surface area contributed by atoms with E-state index in [-0.39, 0.29) is 36.7 Å². The van der Waals surface area contributed by atoms with E-state index in [4.69, 9.17) is 41.0 Å². The number of allylic oxidation sites excluding steroid dienone is 3. The Balaban J connectivity index is 1.79. The van der Waals surface area contributed by atoms with E-state index in [0.29, 0.717) is 17.9 Å². The molecule has 2 amide bonds. The smallest absolute Gasteiger partial charge is 0.409 e. The number of benzene rings is 1. The minimum Gasteiger partial charge on any atom is -0.495 e. The van der Waals surface area contributed by atoms with Gasteiger partial charge in [-0.15, -0.1) is 0 Å². The highest BCUT2D eigenvalue weighted by Gasteiger charge is 2.64. The number of nitrogens with two attached hydrogens (primary N) is 1. The molecule has 7 unspecified atom stereocenters. The van der Waals surface area contributed by atoms with E-state index >= 15 is 0 Å². The molecule has 0 aliphatic carbocycles. The summed E-state index contributed by atoms with van der Waals surface area (Å²) in [4.78, 5) is 40.4. The number of nitrogens with zero attached hydrogens (tertiary/aromatic N) is 1. The fourth-order valence-corrected chi connectivity index (χ4v) is 6.25. The molecule has 4 rings (SSSR count). The Kier molecular flexibility index (Phi) is 10.3. The number of methoxy groups -OCH3 is 2. The molecular weight excluding hydrogens is 594 g/mol. The molecule has 44 heavy (non-hydrogen) atoms. The Bertz CT molecular complexity index is 1340. The maximum atomic E-state index is 13.7. The van der Waals surface area contributed by atoms with Crippen molar-refractivity contribution in [2.45, 2.75) is 82.2 Å². The molecular formula is C31H42ClN3O9. The van der Waals surface area contributed by atoms with Gasteiger partial charge in [0.15, 0.2) is 5.72 Å². The number of epoxide rings is 1. The lowest BCUT2D eigenvalue weighted by Gasteiger charge is -2.42. The number of anilines is 1. The summed E-state index contributed by atoms with van der Waals surface area (Å²) in [5.41, 5.74) is 4.92. The van der Waals surface area contributed by atoms with E-state index in [2.05, 4.69) is 5.32 Å². The molecule has 0 aromatic heterocycles. The third-order valence-electron chi connectivity index (χ3n) is 8.57. The zero-order valence-electron chi connectivity index (χ0n) is 25.9. The van der Waals surface area contributed by atoms with Gasteiger partial charge in [-0.2, -0.15) is 0 Å². The lowest BCUT2D eigenvalue weighted by atomic mass is 9.83. The van der Waals surface area contributed by atoms with Gasteiger partial charge < -0.3 is 39.4 Å². The van der Waals surface area contributed by atoms with Crippen molar-refractivity contribution < 1.29 is 43.2 Å². The first kappa shape index (κ1) is 33.7. The maximum absolute atomic E-state index is 13.7. The van der Waals surface area contributed by atoms with Gasteiger partial charge in [0.05, 0.1) is 31.7 Å². The number of ether oxygens (including phenoxy) is 5. The minimum atomic E-state index is -1.78. The van der Waals surface area contributed by atoms with Crippen LogP contribution in [-0.4, -0.2) is 86.6 Å². The number of carbonyl (C=O) groups excluding carboxylic acids is 3. The molecule has 4 bridgehead atoms. The zero-order chi connectivity index (χ0) is 32.4. The molecule has 3 heterocycles. The number of amides is 2. The molecule has 3 aliphatic rings. The van der Waals surface area contributed by atoms with Crippen molar-refractivity contribution in [1.82, 2.24) is 5.32 Å². The van der Waals surface area contributed by atoms with Crippen LogP contribution in [0.25, 0.3) is 0 Å². The summed E-state index contributed by atoms with van der Waals surface area (Å²) < 4.78 is 28.6. The lowest BCUT2D eigenvalue weighted by Crippen LogP contribution is -2.63. The van der Waals surface area contributed by atoms with Gasteiger partial charge in [0, 0.05) is 33.0 Å². The summed E-state index contributed by atoms with van der Waals surface area (Å²) >= 11 is 6.67. The quantitative estimate of drug-likeness (QED) is 0.324. The molecule has 1 aromatic rings. The molecule has 7 atom stereocenters. The van der Waals surface area contributed by atoms with Gasteiger partial charge in [0.2, 0.25) is 5.91 Å². The molecule has 13 heteroatoms. The number of esters is 1. The number of rotatable bonds is 5. The van der Waals surface area contributed by atoms with Gasteiger partial charge in [0.1, 0.15) is 34.7 Å². The van der Waals surface area contributed by atoms with Crippen molar-refractivity contribution in [3.63, 3.8) is 0 Å². The zero-order valence-corrected chi connectivity index (χ0v) is 26.7. The summed E-state index contributed by atoms with van der Waals surface area (Å²) in [6, 6.07) is 3.61. The Hall–Kier alpha value is -3.16. The standard InChI is InChI=1S/C31H42ClN3O9/c1-17-8-7-9-23(41-6)31(39)16-22(42-29(38)34-31)18(2)28-30(3,44-28)24(43-26(37)10-11-33)15-25(36)35(4)20-13-19(12-17)14-21(40-5)27(20)32/h7-9,13-14,18,22-24,28,39H,10-12,15-16,33H2,1-6H3,(H,34,38)/b9-7+,17-8+. The molecule has 242 valence electrons. The van der Waals surface area contributed by atoms with Crippen LogP contribution in [0.3, 0.4) is 0 Å². The summed E-state index contributed by atoms with van der Waals surface area (Å²) in [6.45, 7) is 5.56. The molecule has 2 saturated heterocycles. The van der Waals surface area contributed by atoms with Crippen LogP contribution in [0.2, 0.25) is 5.02 Å². The first-order valence-corrected chi connectivity index (χ1v) is 14.9. The highest BCUT2D eigenvalue weighted by molar-refractivity contribution is 6.35. The SMILES string of the molecule is COc1cc2cc(c1Cl)N(C)C(=O)CC(OC(=O)CCN)C1(C)OC1C(C)C1CC(O)(NC(=O)O1)C(OC)/C=C/C=C(\C)C2. The van der Waals surface area contributed by atoms with Crippen LogP contribution in [0.4, 0.5) is 10.5 Å². The topological polar surface area (TPSA) is 162 Å². The highest BCUT2D eigenvalue weighted by Crippen LogP contribution is 2.49. The number of nitrogens with one attached hydrogen (secondary N) is 1. The second-order valence-electron chi connectivity index (χ2n) is 11.8. The van der Waals surface area contributed by atoms with E-state index in [1.807, 2.05) is 26.0 Å². The third-order valence-corrected chi connectivity index (χ3v) is 8.95. The molecule has 2 fully saturated rings. The maximum Gasteiger partial charge on any atom is 0.409 e. The summed E-state index contributed by atoms with van der Waals surface area (Å²) in [5, 5.41) is 14.3. The fraction of sp³-hybridized carbons (Fsp3) is 0.581. The Labute approximate surface area is 262 Å². The number of hydrogen-bond donors (Lipinski definition) is 3. The van der Waals surface area contributed by atoms with E-state index in [0.717, 1.165) is 11.1 Å². The second-order valence-corrected chi connectivity index (χ2v) is 12.2. The normalized spacial score (nSPS) is 34.5. The van der Waals surface area contributed by atoms with Crippen LogP contribution in [0.15, 0.2) is 35.9 Å². The van der Waals surface area contributed by atoms with Crippen LogP contribution in [0.1, 0.15) is 45.6 Å². The number of hydrogen-bond acceptors (Lipinski definition) is 10. The first-order valence-electron chi connectivity index (χ1n) is 14.5. The Morgan fingerprint density at radius 1 is 1.30 bits per heavy atom. The number of alkyl carbamates (subject to hydrolysis) is 1. The number of halogens is 1. The van der Waals surface area contributed by atoms with Crippen molar-refractivity contribution in [2.24, 2.45) is 11.7 Å². The van der Waals surface area contributed by atoms with Crippen LogP contribution in [0, 0.1) is 5.92 Å². The van der Waals surface area contributed by atoms with Crippen LogP contribution in [-0.2, 0) is 35.0 Å². The van der Waals surface area contributed by atoms with E-state index in [1.165, 1.54) is 19.1 Å². The summed E-state index contributed by atoms with van der Waals surface area (Å²) in [7, 11) is 4.53. The average molecular weight is 636 g/mol. The third kappa shape index (κ3) is 7.05. The summed E-state index contributed by atoms with van der Waals surface area (Å²) in [5.74, 6) is -1.01. The van der Waals surface area contributed by atoms with Gasteiger partial charge in [-0.05, 0) is 38.0 Å². The van der Waals surface area contributed by atoms with Crippen molar-refractivity contribution in [3.05, 3.63) is 46.5 Å². The van der Waals surface area contributed by atoms with Crippen molar-refractivity contribution in [2.75, 3.05) is 32.7 Å². The lowest BCUT2D eigenvalue weighted by molar-refractivity contribution is -0.153. The van der Waals surface area contributed by atoms with Crippen molar-refractivity contribution >= 4 is 35.3 Å². The molecule has 0 radical (unpaired) electrons. The van der Waals surface area contributed by atoms with Gasteiger partial charge in [-0.3, -0.25) is 14.9 Å². The predicted molar refractivity (Wildman–Crippen MR) is 162 cm³/mol. The van der Waals surface area contributed by atoms with E-state index < -0.39 is 53.7 Å². The van der Waals surface area contributed by atoms with Gasteiger partial charge in [0.25, 0.3) is 0 Å². The van der Waals surface area contributed by atoms with Gasteiger partial charge in [-0.1, -0.05) is 42.3 Å². The Morgan fingerprint density at radius 2 is 2.02 bits per heavy atom. The van der Waals surface area contributed by atoms with Crippen LogP contribution < -0.4 is 20.7 Å². The summed E-state index contributed by atoms with van der Waals surface area (Å²) in [6.07, 6.45) is 1.44. The van der Waals surface area contributed by atoms with Gasteiger partial charge >= 0.3 is 12.1 Å². The van der Waals surface area contributed by atoms with Crippen LogP contribution in [0.5, 0.6) is 5.75 Å². The molecule has 1 aromatic carbocycles. The van der Waals surface area contributed by atoms with Gasteiger partial charge in [-0.25, -0.2) is 4.79 Å². The molecule has 3 aliphatic heterocycles. The highest BCUT2D eigenvalue weighted by atomic mass is 35.5. The van der Waals surface area contributed by atoms with E-state index in [9.17, 15) is 19.5 Å². The Morgan fingerprint density at radius 3 is 2.68 bits per heavy atom. The number of fused-ring (bicyclic) bond motifs is 5. The predicted octanol–water partition coefficient (Wildman–Crippen LogP) is 3.02. The second kappa shape index (κ2) is 13.5. The monoisotopic (exact) mass is 635 g/mol. The van der Waals surface area contributed by atoms with E-state index in [1.54, 1.807) is 32.2 Å².